The Kier molecular flexibility index (Phi) is 2.41. The van der Waals surface area contributed by atoms with Crippen LogP contribution in [0.2, 0.25) is 5.15 Å². The topological polar surface area (TPSA) is 66.5 Å². The molecule has 1 unspecified atom stereocenters. The molecule has 0 aromatic carbocycles. The molecule has 0 saturated carbocycles. The number of fused-ring (bicyclic) bond motifs is 1. The van der Waals surface area contributed by atoms with Crippen LogP contribution in [0.1, 0.15) is 12.0 Å². The number of nitrogens with zero attached hydrogens (tertiary/aromatic N) is 5. The van der Waals surface area contributed by atoms with Crippen molar-refractivity contribution in [2.24, 2.45) is 0 Å². The van der Waals surface area contributed by atoms with E-state index in [9.17, 15) is 5.11 Å². The van der Waals surface area contributed by atoms with Gasteiger partial charge in [-0.15, -0.1) is 0 Å². The molecule has 17 heavy (non-hydrogen) atoms. The minimum Gasteiger partial charge on any atom is -0.391 e. The molecule has 90 valence electrons. The van der Waals surface area contributed by atoms with Crippen LogP contribution < -0.4 is 4.90 Å². The molecule has 1 atom stereocenters. The Hall–Kier alpha value is -1.40. The van der Waals surface area contributed by atoms with Gasteiger partial charge in [-0.1, -0.05) is 11.6 Å². The van der Waals surface area contributed by atoms with Gasteiger partial charge in [0.05, 0.1) is 6.10 Å². The average Bonchev–Trinajstić information content (AvgIpc) is 2.89. The van der Waals surface area contributed by atoms with Crippen molar-refractivity contribution in [3.8, 4) is 0 Å². The molecule has 0 bridgehead atoms. The second-order valence-electron chi connectivity index (χ2n) is 4.21. The van der Waals surface area contributed by atoms with Gasteiger partial charge in [0.15, 0.2) is 0 Å². The number of halogens is 1. The first kappa shape index (κ1) is 10.7. The molecule has 1 N–H and O–H groups in total. The van der Waals surface area contributed by atoms with E-state index in [1.165, 1.54) is 6.33 Å². The SMILES string of the molecule is Cc1c(Cl)nc2ncnn2c1N1CCC(O)C1. The molecule has 0 amide bonds. The molecule has 1 aliphatic rings. The van der Waals surface area contributed by atoms with Crippen LogP contribution in [0.5, 0.6) is 0 Å². The molecule has 6 nitrogen and oxygen atoms in total. The highest BCUT2D eigenvalue weighted by atomic mass is 35.5. The third-order valence-corrected chi connectivity index (χ3v) is 3.40. The summed E-state index contributed by atoms with van der Waals surface area (Å²) in [6.07, 6.45) is 1.92. The van der Waals surface area contributed by atoms with E-state index >= 15 is 0 Å². The van der Waals surface area contributed by atoms with Crippen molar-refractivity contribution in [2.75, 3.05) is 18.0 Å². The van der Waals surface area contributed by atoms with Crippen molar-refractivity contribution in [3.63, 3.8) is 0 Å². The lowest BCUT2D eigenvalue weighted by Crippen LogP contribution is -2.25. The lowest BCUT2D eigenvalue weighted by molar-refractivity contribution is 0.198. The first-order valence-electron chi connectivity index (χ1n) is 5.45. The lowest BCUT2D eigenvalue weighted by Gasteiger charge is -2.20. The summed E-state index contributed by atoms with van der Waals surface area (Å²) >= 11 is 6.08. The summed E-state index contributed by atoms with van der Waals surface area (Å²) in [5, 5.41) is 14.2. The maximum Gasteiger partial charge on any atom is 0.255 e. The number of hydrogen-bond donors (Lipinski definition) is 1. The van der Waals surface area contributed by atoms with Gasteiger partial charge < -0.3 is 10.0 Å². The molecular formula is C10H12ClN5O. The molecule has 3 rings (SSSR count). The summed E-state index contributed by atoms with van der Waals surface area (Å²) in [5.74, 6) is 1.35. The molecule has 1 fully saturated rings. The van der Waals surface area contributed by atoms with E-state index in [0.29, 0.717) is 17.5 Å². The highest BCUT2D eigenvalue weighted by Gasteiger charge is 2.25. The van der Waals surface area contributed by atoms with Crippen LogP contribution in [-0.2, 0) is 0 Å². The summed E-state index contributed by atoms with van der Waals surface area (Å²) in [6, 6.07) is 0. The second-order valence-corrected chi connectivity index (χ2v) is 4.57. The molecule has 0 aliphatic carbocycles. The van der Waals surface area contributed by atoms with Gasteiger partial charge in [-0.25, -0.2) is 0 Å². The van der Waals surface area contributed by atoms with Gasteiger partial charge in [0.25, 0.3) is 5.78 Å². The first-order valence-corrected chi connectivity index (χ1v) is 5.83. The smallest absolute Gasteiger partial charge is 0.255 e. The van der Waals surface area contributed by atoms with Crippen LogP contribution in [0.3, 0.4) is 0 Å². The summed E-state index contributed by atoms with van der Waals surface area (Å²) in [6.45, 7) is 3.28. The predicted octanol–water partition coefficient (Wildman–Crippen LogP) is 0.657. The first-order chi connectivity index (χ1) is 8.16. The zero-order chi connectivity index (χ0) is 12.0. The Balaban J connectivity index is 2.19. The van der Waals surface area contributed by atoms with E-state index in [4.69, 9.17) is 11.6 Å². The number of aliphatic hydroxyl groups excluding tert-OH is 1. The van der Waals surface area contributed by atoms with Gasteiger partial charge in [0.2, 0.25) is 0 Å². The second kappa shape index (κ2) is 3.82. The van der Waals surface area contributed by atoms with Crippen molar-refractivity contribution >= 4 is 23.2 Å². The molecule has 3 heterocycles. The van der Waals surface area contributed by atoms with E-state index in [-0.39, 0.29) is 6.10 Å². The van der Waals surface area contributed by atoms with E-state index in [2.05, 4.69) is 20.0 Å². The highest BCUT2D eigenvalue weighted by molar-refractivity contribution is 6.30. The van der Waals surface area contributed by atoms with Crippen molar-refractivity contribution in [3.05, 3.63) is 17.0 Å². The maximum absolute atomic E-state index is 9.61. The summed E-state index contributed by atoms with van der Waals surface area (Å²) < 4.78 is 1.67. The standard InChI is InChI=1S/C10H12ClN5O/c1-6-8(11)14-10-12-5-13-16(10)9(6)15-3-2-7(17)4-15/h5,7,17H,2-4H2,1H3. The highest BCUT2D eigenvalue weighted by Crippen LogP contribution is 2.28. The van der Waals surface area contributed by atoms with Gasteiger partial charge in [-0.05, 0) is 13.3 Å². The van der Waals surface area contributed by atoms with Crippen molar-refractivity contribution in [1.82, 2.24) is 19.6 Å². The molecule has 0 radical (unpaired) electrons. The summed E-state index contributed by atoms with van der Waals surface area (Å²) in [4.78, 5) is 10.3. The monoisotopic (exact) mass is 253 g/mol. The number of rotatable bonds is 1. The molecule has 7 heteroatoms. The molecular weight excluding hydrogens is 242 g/mol. The molecule has 1 aliphatic heterocycles. The van der Waals surface area contributed by atoms with Crippen LogP contribution in [0.25, 0.3) is 5.78 Å². The van der Waals surface area contributed by atoms with Crippen LogP contribution >= 0.6 is 11.6 Å². The maximum atomic E-state index is 9.61. The Morgan fingerprint density at radius 2 is 2.35 bits per heavy atom. The fraction of sp³-hybridized carbons (Fsp3) is 0.500. The summed E-state index contributed by atoms with van der Waals surface area (Å²) in [7, 11) is 0. The fourth-order valence-electron chi connectivity index (χ4n) is 2.19. The fourth-order valence-corrected chi connectivity index (χ4v) is 2.35. The largest absolute Gasteiger partial charge is 0.391 e. The quantitative estimate of drug-likeness (QED) is 0.757. The van der Waals surface area contributed by atoms with Crippen LogP contribution in [-0.4, -0.2) is 43.9 Å². The minimum atomic E-state index is -0.292. The number of β-amino-alcohol motifs (C(OH)–C–C–N with tert-alkyl or cyclic N) is 1. The zero-order valence-electron chi connectivity index (χ0n) is 9.34. The van der Waals surface area contributed by atoms with Gasteiger partial charge in [-0.3, -0.25) is 0 Å². The lowest BCUT2D eigenvalue weighted by atomic mass is 10.3. The van der Waals surface area contributed by atoms with Crippen molar-refractivity contribution in [2.45, 2.75) is 19.4 Å². The minimum absolute atomic E-state index is 0.292. The van der Waals surface area contributed by atoms with Crippen LogP contribution in [0, 0.1) is 6.92 Å². The van der Waals surface area contributed by atoms with Crippen molar-refractivity contribution in [1.29, 1.82) is 0 Å². The molecule has 0 spiro atoms. The number of hydrogen-bond acceptors (Lipinski definition) is 5. The zero-order valence-corrected chi connectivity index (χ0v) is 10.1. The van der Waals surface area contributed by atoms with E-state index in [1.807, 2.05) is 6.92 Å². The average molecular weight is 254 g/mol. The van der Waals surface area contributed by atoms with Crippen LogP contribution in [0.15, 0.2) is 6.33 Å². The number of aliphatic hydroxyl groups is 1. The third kappa shape index (κ3) is 1.64. The van der Waals surface area contributed by atoms with Crippen molar-refractivity contribution < 1.29 is 5.11 Å². The Morgan fingerprint density at radius 1 is 1.53 bits per heavy atom. The summed E-state index contributed by atoms with van der Waals surface area (Å²) in [5.41, 5.74) is 0.860. The van der Waals surface area contributed by atoms with Crippen LogP contribution in [0.4, 0.5) is 5.82 Å². The van der Waals surface area contributed by atoms with Gasteiger partial charge in [0, 0.05) is 18.7 Å². The third-order valence-electron chi connectivity index (χ3n) is 3.04. The van der Waals surface area contributed by atoms with E-state index in [1.54, 1.807) is 4.52 Å². The Labute approximate surface area is 103 Å². The number of aromatic nitrogens is 4. The molecule has 1 saturated heterocycles. The predicted molar refractivity (Wildman–Crippen MR) is 63.4 cm³/mol. The van der Waals surface area contributed by atoms with Gasteiger partial charge >= 0.3 is 0 Å². The van der Waals surface area contributed by atoms with E-state index < -0.39 is 0 Å². The molecule has 2 aromatic heterocycles. The normalized spacial score (nSPS) is 20.4. The Morgan fingerprint density at radius 3 is 3.06 bits per heavy atom. The van der Waals surface area contributed by atoms with Gasteiger partial charge in [0.1, 0.15) is 17.3 Å². The molecule has 2 aromatic rings. The van der Waals surface area contributed by atoms with E-state index in [0.717, 1.165) is 24.3 Å². The van der Waals surface area contributed by atoms with Gasteiger partial charge in [-0.2, -0.15) is 19.6 Å². The number of anilines is 1. The Bertz CT molecular complexity index is 569.